The normalized spacial score (nSPS) is 11.6. The van der Waals surface area contributed by atoms with Gasteiger partial charge in [-0.1, -0.05) is 0 Å². The van der Waals surface area contributed by atoms with Crippen molar-refractivity contribution in [1.29, 1.82) is 0 Å². The summed E-state index contributed by atoms with van der Waals surface area (Å²) in [5.41, 5.74) is 2.60. The molecule has 106 valence electrons. The van der Waals surface area contributed by atoms with E-state index >= 15 is 0 Å². The standard InChI is InChI=1S/C11H7F4N3O2/c12-5-1-3-6(4-2-5)18-9(16)7(11(13,14)15)8(17-18)10(19)20/h1-4H,16H2,(H,19,20). The summed E-state index contributed by atoms with van der Waals surface area (Å²) in [4.78, 5) is 10.8. The zero-order valence-corrected chi connectivity index (χ0v) is 9.65. The third kappa shape index (κ3) is 2.29. The highest BCUT2D eigenvalue weighted by atomic mass is 19.4. The maximum Gasteiger partial charge on any atom is 0.422 e. The van der Waals surface area contributed by atoms with Gasteiger partial charge in [0.15, 0.2) is 5.69 Å². The molecule has 5 nitrogen and oxygen atoms in total. The molecule has 20 heavy (non-hydrogen) atoms. The molecule has 2 rings (SSSR count). The number of alkyl halides is 3. The first-order valence-electron chi connectivity index (χ1n) is 5.16. The van der Waals surface area contributed by atoms with Gasteiger partial charge in [-0.05, 0) is 24.3 Å². The van der Waals surface area contributed by atoms with Crippen molar-refractivity contribution >= 4 is 11.8 Å². The van der Waals surface area contributed by atoms with Gasteiger partial charge in [0, 0.05) is 0 Å². The smallest absolute Gasteiger partial charge is 0.422 e. The molecule has 1 heterocycles. The third-order valence-corrected chi connectivity index (χ3v) is 2.48. The van der Waals surface area contributed by atoms with Crippen molar-refractivity contribution in [1.82, 2.24) is 9.78 Å². The first-order chi connectivity index (χ1) is 9.21. The summed E-state index contributed by atoms with van der Waals surface area (Å²) < 4.78 is 51.8. The molecule has 0 saturated heterocycles. The fraction of sp³-hybridized carbons (Fsp3) is 0.0909. The summed E-state index contributed by atoms with van der Waals surface area (Å²) in [6.07, 6.45) is -4.96. The number of aromatic carboxylic acids is 1. The van der Waals surface area contributed by atoms with Crippen LogP contribution in [-0.2, 0) is 6.18 Å². The molecule has 0 fully saturated rings. The van der Waals surface area contributed by atoms with E-state index in [1.165, 1.54) is 0 Å². The van der Waals surface area contributed by atoms with Crippen molar-refractivity contribution in [2.45, 2.75) is 6.18 Å². The Balaban J connectivity index is 2.67. The fourth-order valence-corrected chi connectivity index (χ4v) is 1.64. The number of benzene rings is 1. The Kier molecular flexibility index (Phi) is 3.12. The zero-order chi connectivity index (χ0) is 15.1. The number of aromatic nitrogens is 2. The van der Waals surface area contributed by atoms with Crippen LogP contribution in [-0.4, -0.2) is 20.9 Å². The molecule has 0 bridgehead atoms. The minimum Gasteiger partial charge on any atom is -0.476 e. The Morgan fingerprint density at radius 1 is 1.25 bits per heavy atom. The molecule has 0 spiro atoms. The molecule has 0 saturated carbocycles. The minimum absolute atomic E-state index is 0.0156. The first kappa shape index (κ1) is 13.8. The van der Waals surface area contributed by atoms with Gasteiger partial charge in [-0.2, -0.15) is 18.3 Å². The second-order valence-electron chi connectivity index (χ2n) is 3.80. The lowest BCUT2D eigenvalue weighted by Crippen LogP contribution is -2.13. The monoisotopic (exact) mass is 289 g/mol. The van der Waals surface area contributed by atoms with Crippen LogP contribution in [0, 0.1) is 5.82 Å². The van der Waals surface area contributed by atoms with E-state index in [1.54, 1.807) is 0 Å². The van der Waals surface area contributed by atoms with Crippen LogP contribution in [0.25, 0.3) is 5.69 Å². The summed E-state index contributed by atoms with van der Waals surface area (Å²) in [5.74, 6) is -3.33. The molecule has 9 heteroatoms. The second kappa shape index (κ2) is 4.51. The van der Waals surface area contributed by atoms with Gasteiger partial charge in [0.05, 0.1) is 5.69 Å². The lowest BCUT2D eigenvalue weighted by atomic mass is 10.2. The average Bonchev–Trinajstić information content (AvgIpc) is 2.68. The number of nitrogens with zero attached hydrogens (tertiary/aromatic N) is 2. The van der Waals surface area contributed by atoms with Crippen LogP contribution in [0.5, 0.6) is 0 Å². The van der Waals surface area contributed by atoms with E-state index in [4.69, 9.17) is 10.8 Å². The number of nitrogens with two attached hydrogens (primary N) is 1. The summed E-state index contributed by atoms with van der Waals surface area (Å²) >= 11 is 0. The molecular formula is C11H7F4N3O2. The molecule has 0 aliphatic carbocycles. The number of nitrogen functional groups attached to an aromatic ring is 1. The van der Waals surface area contributed by atoms with Gasteiger partial charge in [-0.25, -0.2) is 13.9 Å². The van der Waals surface area contributed by atoms with Crippen LogP contribution >= 0.6 is 0 Å². The van der Waals surface area contributed by atoms with Crippen LogP contribution in [0.2, 0.25) is 0 Å². The highest BCUT2D eigenvalue weighted by Crippen LogP contribution is 2.37. The van der Waals surface area contributed by atoms with E-state index in [2.05, 4.69) is 5.10 Å². The van der Waals surface area contributed by atoms with Crippen molar-refractivity contribution in [2.24, 2.45) is 0 Å². The quantitative estimate of drug-likeness (QED) is 0.831. The van der Waals surface area contributed by atoms with E-state index in [9.17, 15) is 22.4 Å². The summed E-state index contributed by atoms with van der Waals surface area (Å²) in [6.45, 7) is 0. The molecular weight excluding hydrogens is 282 g/mol. The lowest BCUT2D eigenvalue weighted by molar-refractivity contribution is -0.137. The number of carboxylic acids is 1. The zero-order valence-electron chi connectivity index (χ0n) is 9.65. The largest absolute Gasteiger partial charge is 0.476 e. The van der Waals surface area contributed by atoms with E-state index < -0.39 is 35.0 Å². The number of hydrogen-bond donors (Lipinski definition) is 2. The highest BCUT2D eigenvalue weighted by Gasteiger charge is 2.41. The molecule has 0 amide bonds. The predicted molar refractivity (Wildman–Crippen MR) is 59.9 cm³/mol. The van der Waals surface area contributed by atoms with E-state index in [0.29, 0.717) is 4.68 Å². The molecule has 0 aliphatic rings. The van der Waals surface area contributed by atoms with Gasteiger partial charge >= 0.3 is 12.1 Å². The van der Waals surface area contributed by atoms with Crippen molar-refractivity contribution in [3.63, 3.8) is 0 Å². The van der Waals surface area contributed by atoms with Crippen molar-refractivity contribution in [3.05, 3.63) is 41.3 Å². The number of rotatable bonds is 2. The second-order valence-corrected chi connectivity index (χ2v) is 3.80. The summed E-state index contributed by atoms with van der Waals surface area (Å²) in [5, 5.41) is 12.1. The number of halogens is 4. The molecule has 0 aliphatic heterocycles. The van der Waals surface area contributed by atoms with Gasteiger partial charge in [0.25, 0.3) is 0 Å². The molecule has 0 atom stereocenters. The van der Waals surface area contributed by atoms with Gasteiger partial charge in [0.2, 0.25) is 0 Å². The fourth-order valence-electron chi connectivity index (χ4n) is 1.64. The Morgan fingerprint density at radius 2 is 1.80 bits per heavy atom. The number of carbonyl (C=O) groups is 1. The molecule has 0 radical (unpaired) electrons. The molecule has 0 unspecified atom stereocenters. The van der Waals surface area contributed by atoms with Crippen LogP contribution < -0.4 is 5.73 Å². The van der Waals surface area contributed by atoms with Crippen LogP contribution in [0.15, 0.2) is 24.3 Å². The van der Waals surface area contributed by atoms with E-state index in [-0.39, 0.29) is 5.69 Å². The van der Waals surface area contributed by atoms with Gasteiger partial charge in [0.1, 0.15) is 17.2 Å². The Bertz CT molecular complexity index is 662. The number of hydrogen-bond acceptors (Lipinski definition) is 3. The Labute approximate surface area is 109 Å². The summed E-state index contributed by atoms with van der Waals surface area (Å²) in [7, 11) is 0. The SMILES string of the molecule is Nc1c(C(F)(F)F)c(C(=O)O)nn1-c1ccc(F)cc1. The van der Waals surface area contributed by atoms with E-state index in [1.807, 2.05) is 0 Å². The van der Waals surface area contributed by atoms with Crippen LogP contribution in [0.1, 0.15) is 16.1 Å². The average molecular weight is 289 g/mol. The molecule has 1 aromatic carbocycles. The number of anilines is 1. The maximum atomic E-state index is 12.8. The van der Waals surface area contributed by atoms with Gasteiger partial charge < -0.3 is 10.8 Å². The minimum atomic E-state index is -4.96. The predicted octanol–water partition coefficient (Wildman–Crippen LogP) is 2.31. The number of carboxylic acid groups (broad SMARTS) is 1. The topological polar surface area (TPSA) is 81.1 Å². The van der Waals surface area contributed by atoms with Crippen molar-refractivity contribution in [2.75, 3.05) is 5.73 Å². The van der Waals surface area contributed by atoms with Crippen LogP contribution in [0.4, 0.5) is 23.4 Å². The summed E-state index contributed by atoms with van der Waals surface area (Å²) in [6, 6.07) is 4.24. The van der Waals surface area contributed by atoms with Gasteiger partial charge in [-0.15, -0.1) is 0 Å². The van der Waals surface area contributed by atoms with E-state index in [0.717, 1.165) is 24.3 Å². The van der Waals surface area contributed by atoms with Gasteiger partial charge in [-0.3, -0.25) is 0 Å². The van der Waals surface area contributed by atoms with Crippen molar-refractivity contribution < 1.29 is 27.5 Å². The van der Waals surface area contributed by atoms with Crippen molar-refractivity contribution in [3.8, 4) is 5.69 Å². The molecule has 2 aromatic rings. The highest BCUT2D eigenvalue weighted by molar-refractivity contribution is 5.89. The lowest BCUT2D eigenvalue weighted by Gasteiger charge is -2.07. The third-order valence-electron chi connectivity index (χ3n) is 2.48. The Morgan fingerprint density at radius 3 is 2.20 bits per heavy atom. The maximum absolute atomic E-state index is 12.8. The molecule has 1 aromatic heterocycles. The Hall–Kier alpha value is -2.58. The molecule has 3 N–H and O–H groups in total. The first-order valence-corrected chi connectivity index (χ1v) is 5.16. The van der Waals surface area contributed by atoms with Crippen LogP contribution in [0.3, 0.4) is 0 Å².